The van der Waals surface area contributed by atoms with Gasteiger partial charge in [-0.25, -0.2) is 4.79 Å². The summed E-state index contributed by atoms with van der Waals surface area (Å²) in [6.45, 7) is 3.96. The van der Waals surface area contributed by atoms with Crippen LogP contribution in [-0.4, -0.2) is 14.5 Å². The van der Waals surface area contributed by atoms with Crippen LogP contribution in [0.15, 0.2) is 27.8 Å². The van der Waals surface area contributed by atoms with E-state index in [2.05, 4.69) is 9.97 Å². The largest absolute Gasteiger partial charge is 0.329 e. The van der Waals surface area contributed by atoms with Gasteiger partial charge in [-0.15, -0.1) is 0 Å². The smallest absolute Gasteiger partial charge is 0.297 e. The van der Waals surface area contributed by atoms with E-state index < -0.39 is 5.69 Å². The highest BCUT2D eigenvalue weighted by Gasteiger charge is 2.12. The average Bonchev–Trinajstić information content (AvgIpc) is 2.39. The molecule has 106 valence electrons. The summed E-state index contributed by atoms with van der Waals surface area (Å²) in [5, 5.41) is 0.135. The van der Waals surface area contributed by atoms with Gasteiger partial charge in [-0.1, -0.05) is 31.0 Å². The number of hydrogen-bond donors (Lipinski definition) is 1. The summed E-state index contributed by atoms with van der Waals surface area (Å²) in [5.74, 6) is 0. The topological polar surface area (TPSA) is 67.8 Å². The number of aryl methyl sites for hydroxylation is 1. The third-order valence-electron chi connectivity index (χ3n) is 3.00. The van der Waals surface area contributed by atoms with Crippen LogP contribution < -0.4 is 11.2 Å². The normalized spacial score (nSPS) is 10.8. The lowest BCUT2D eigenvalue weighted by molar-refractivity contribution is 0.667. The molecule has 2 aromatic heterocycles. The first kappa shape index (κ1) is 14.5. The molecule has 6 heteroatoms. The minimum atomic E-state index is -0.511. The van der Waals surface area contributed by atoms with Crippen molar-refractivity contribution in [1.82, 2.24) is 14.5 Å². The SMILES string of the molecule is CCCc1c(Cl)[nH]c(=O)n(Cc2cccc(C)n2)c1=O. The van der Waals surface area contributed by atoms with Crippen molar-refractivity contribution < 1.29 is 0 Å². The summed E-state index contributed by atoms with van der Waals surface area (Å²) in [4.78, 5) is 31.0. The van der Waals surface area contributed by atoms with Crippen LogP contribution in [0.4, 0.5) is 0 Å². The van der Waals surface area contributed by atoms with E-state index in [0.717, 1.165) is 16.7 Å². The summed E-state index contributed by atoms with van der Waals surface area (Å²) in [6.07, 6.45) is 1.32. The van der Waals surface area contributed by atoms with Crippen LogP contribution in [0.2, 0.25) is 5.15 Å². The Morgan fingerprint density at radius 1 is 1.35 bits per heavy atom. The van der Waals surface area contributed by atoms with Crippen molar-refractivity contribution in [2.75, 3.05) is 0 Å². The van der Waals surface area contributed by atoms with Gasteiger partial charge in [-0.3, -0.25) is 19.3 Å². The second-order valence-electron chi connectivity index (χ2n) is 4.63. The molecule has 0 saturated carbocycles. The van der Waals surface area contributed by atoms with Gasteiger partial charge in [0.1, 0.15) is 5.15 Å². The van der Waals surface area contributed by atoms with Crippen molar-refractivity contribution in [3.63, 3.8) is 0 Å². The first-order valence-corrected chi connectivity index (χ1v) is 6.84. The summed E-state index contributed by atoms with van der Waals surface area (Å²) < 4.78 is 1.14. The van der Waals surface area contributed by atoms with Gasteiger partial charge in [-0.05, 0) is 25.5 Å². The van der Waals surface area contributed by atoms with Crippen molar-refractivity contribution in [3.8, 4) is 0 Å². The molecule has 0 aliphatic carbocycles. The molecule has 0 unspecified atom stereocenters. The number of nitrogens with one attached hydrogen (secondary N) is 1. The van der Waals surface area contributed by atoms with Crippen molar-refractivity contribution in [2.24, 2.45) is 0 Å². The van der Waals surface area contributed by atoms with Crippen LogP contribution in [0.3, 0.4) is 0 Å². The van der Waals surface area contributed by atoms with E-state index in [1.807, 2.05) is 26.0 Å². The van der Waals surface area contributed by atoms with Gasteiger partial charge in [-0.2, -0.15) is 0 Å². The van der Waals surface area contributed by atoms with E-state index in [4.69, 9.17) is 11.6 Å². The zero-order chi connectivity index (χ0) is 14.7. The lowest BCUT2D eigenvalue weighted by Crippen LogP contribution is -2.38. The van der Waals surface area contributed by atoms with Crippen molar-refractivity contribution >= 4 is 11.6 Å². The lowest BCUT2D eigenvalue weighted by Gasteiger charge is -2.08. The molecule has 0 spiro atoms. The first-order valence-electron chi connectivity index (χ1n) is 6.47. The zero-order valence-corrected chi connectivity index (χ0v) is 12.2. The highest BCUT2D eigenvalue weighted by Crippen LogP contribution is 2.08. The second kappa shape index (κ2) is 6.05. The number of pyridine rings is 1. The number of nitrogens with zero attached hydrogens (tertiary/aromatic N) is 2. The molecule has 0 fully saturated rings. The zero-order valence-electron chi connectivity index (χ0n) is 11.4. The van der Waals surface area contributed by atoms with E-state index in [9.17, 15) is 9.59 Å². The first-order chi connectivity index (χ1) is 9.52. The van der Waals surface area contributed by atoms with E-state index >= 15 is 0 Å². The van der Waals surface area contributed by atoms with Crippen LogP contribution in [0.5, 0.6) is 0 Å². The Labute approximate surface area is 121 Å². The number of aromatic nitrogens is 3. The van der Waals surface area contributed by atoms with E-state index in [1.165, 1.54) is 0 Å². The summed E-state index contributed by atoms with van der Waals surface area (Å²) in [6, 6.07) is 5.49. The molecule has 5 nitrogen and oxygen atoms in total. The molecule has 0 atom stereocenters. The van der Waals surface area contributed by atoms with Crippen molar-refractivity contribution in [2.45, 2.75) is 33.2 Å². The third kappa shape index (κ3) is 2.99. The van der Waals surface area contributed by atoms with E-state index in [-0.39, 0.29) is 17.3 Å². The number of aromatic amines is 1. The number of H-pyrrole nitrogens is 1. The molecule has 0 aromatic carbocycles. The van der Waals surface area contributed by atoms with E-state index in [0.29, 0.717) is 17.7 Å². The van der Waals surface area contributed by atoms with Gasteiger partial charge >= 0.3 is 5.69 Å². The summed E-state index contributed by atoms with van der Waals surface area (Å²) in [5.41, 5.74) is 1.10. The molecule has 1 N–H and O–H groups in total. The molecule has 0 saturated heterocycles. The number of rotatable bonds is 4. The Bertz CT molecular complexity index is 734. The molecule has 0 bridgehead atoms. The quantitative estimate of drug-likeness (QED) is 0.875. The Morgan fingerprint density at radius 3 is 2.75 bits per heavy atom. The van der Waals surface area contributed by atoms with Gasteiger partial charge in [0, 0.05) is 5.69 Å². The molecule has 2 rings (SSSR count). The van der Waals surface area contributed by atoms with E-state index in [1.54, 1.807) is 6.07 Å². The van der Waals surface area contributed by atoms with Gasteiger partial charge in [0.15, 0.2) is 0 Å². The molecule has 0 aliphatic rings. The van der Waals surface area contributed by atoms with Crippen LogP contribution in [0.1, 0.15) is 30.3 Å². The molecule has 20 heavy (non-hydrogen) atoms. The molecular formula is C14H16ClN3O2. The Balaban J connectivity index is 2.49. The molecule has 2 aromatic rings. The highest BCUT2D eigenvalue weighted by molar-refractivity contribution is 6.30. The Hall–Kier alpha value is -1.88. The predicted octanol–water partition coefficient (Wildman–Crippen LogP) is 1.89. The van der Waals surface area contributed by atoms with Gasteiger partial charge in [0.2, 0.25) is 0 Å². The summed E-state index contributed by atoms with van der Waals surface area (Å²) in [7, 11) is 0. The van der Waals surface area contributed by atoms with Crippen LogP contribution in [-0.2, 0) is 13.0 Å². The maximum atomic E-state index is 12.3. The van der Waals surface area contributed by atoms with Crippen LogP contribution >= 0.6 is 11.6 Å². The maximum absolute atomic E-state index is 12.3. The Morgan fingerprint density at radius 2 is 2.10 bits per heavy atom. The monoisotopic (exact) mass is 293 g/mol. The standard InChI is InChI=1S/C14H16ClN3O2/c1-3-5-11-12(15)17-14(20)18(13(11)19)8-10-7-4-6-9(2)16-10/h4,6-7H,3,5,8H2,1-2H3,(H,17,20). The lowest BCUT2D eigenvalue weighted by atomic mass is 10.2. The Kier molecular flexibility index (Phi) is 4.39. The number of halogens is 1. The maximum Gasteiger partial charge on any atom is 0.329 e. The summed E-state index contributed by atoms with van der Waals surface area (Å²) >= 11 is 5.93. The molecule has 2 heterocycles. The predicted molar refractivity (Wildman–Crippen MR) is 78.4 cm³/mol. The van der Waals surface area contributed by atoms with Gasteiger partial charge in [0.25, 0.3) is 5.56 Å². The minimum absolute atomic E-state index is 0.135. The second-order valence-corrected chi connectivity index (χ2v) is 5.01. The fourth-order valence-corrected chi connectivity index (χ4v) is 2.30. The number of hydrogen-bond acceptors (Lipinski definition) is 3. The fraction of sp³-hybridized carbons (Fsp3) is 0.357. The average molecular weight is 294 g/mol. The van der Waals surface area contributed by atoms with Gasteiger partial charge < -0.3 is 0 Å². The van der Waals surface area contributed by atoms with Crippen molar-refractivity contribution in [3.05, 3.63) is 61.1 Å². The minimum Gasteiger partial charge on any atom is -0.297 e. The van der Waals surface area contributed by atoms with Gasteiger partial charge in [0.05, 0.1) is 17.8 Å². The highest BCUT2D eigenvalue weighted by atomic mass is 35.5. The molecular weight excluding hydrogens is 278 g/mol. The molecule has 0 radical (unpaired) electrons. The fourth-order valence-electron chi connectivity index (χ4n) is 2.05. The molecule has 0 amide bonds. The van der Waals surface area contributed by atoms with Crippen LogP contribution in [0.25, 0.3) is 0 Å². The third-order valence-corrected chi connectivity index (χ3v) is 3.32. The molecule has 0 aliphatic heterocycles. The van der Waals surface area contributed by atoms with Crippen LogP contribution in [0, 0.1) is 6.92 Å². The van der Waals surface area contributed by atoms with Crippen molar-refractivity contribution in [1.29, 1.82) is 0 Å².